The average Bonchev–Trinajstić information content (AvgIpc) is 2.59. The summed E-state index contributed by atoms with van der Waals surface area (Å²) in [5, 5.41) is 14.3. The van der Waals surface area contributed by atoms with Crippen LogP contribution in [-0.4, -0.2) is 30.5 Å². The summed E-state index contributed by atoms with van der Waals surface area (Å²) in [6, 6.07) is 13.9. The average molecular weight is 406 g/mol. The summed E-state index contributed by atoms with van der Waals surface area (Å²) in [6.07, 6.45) is 0.232. The van der Waals surface area contributed by atoms with E-state index in [1.54, 1.807) is 7.11 Å². The molecule has 1 aliphatic heterocycles. The molecule has 1 heterocycles. The second-order valence-electron chi connectivity index (χ2n) is 6.84. The normalized spacial score (nSPS) is 21.3. The van der Waals surface area contributed by atoms with E-state index in [9.17, 15) is 5.11 Å². The second-order valence-corrected chi connectivity index (χ2v) is 7.70. The van der Waals surface area contributed by atoms with Gasteiger partial charge >= 0.3 is 0 Å². The number of aliphatic hydroxyl groups excluding tert-OH is 1. The number of ether oxygens (including phenoxy) is 2. The van der Waals surface area contributed by atoms with Crippen LogP contribution in [0.2, 0.25) is 0 Å². The molecule has 3 rings (SSSR count). The van der Waals surface area contributed by atoms with Crippen LogP contribution in [-0.2, 0) is 6.42 Å². The first-order valence-corrected chi connectivity index (χ1v) is 9.23. The van der Waals surface area contributed by atoms with Crippen molar-refractivity contribution < 1.29 is 14.6 Å². The molecule has 0 fully saturated rings. The summed E-state index contributed by atoms with van der Waals surface area (Å²) in [4.78, 5) is 0. The Morgan fingerprint density at radius 2 is 1.96 bits per heavy atom. The van der Waals surface area contributed by atoms with Crippen molar-refractivity contribution >= 4 is 15.9 Å². The SMILES string of the molecule is COc1cc2c(cc1Br)OC(C)(C)C(O)C2NCCc1ccccc1. The zero-order valence-corrected chi connectivity index (χ0v) is 16.3. The highest BCUT2D eigenvalue weighted by atomic mass is 79.9. The van der Waals surface area contributed by atoms with Crippen LogP contribution in [0.4, 0.5) is 0 Å². The summed E-state index contributed by atoms with van der Waals surface area (Å²) < 4.78 is 12.3. The lowest BCUT2D eigenvalue weighted by Gasteiger charge is -2.42. The Labute approximate surface area is 157 Å². The molecule has 134 valence electrons. The molecule has 0 amide bonds. The topological polar surface area (TPSA) is 50.7 Å². The standard InChI is InChI=1S/C20H24BrNO3/c1-20(2)19(23)18(22-10-9-13-7-5-4-6-8-13)14-11-17(24-3)15(21)12-16(14)25-20/h4-8,11-12,18-19,22-23H,9-10H2,1-3H3. The molecule has 25 heavy (non-hydrogen) atoms. The van der Waals surface area contributed by atoms with Gasteiger partial charge in [0, 0.05) is 5.56 Å². The van der Waals surface area contributed by atoms with Crippen molar-refractivity contribution in [3.05, 3.63) is 58.1 Å². The molecule has 2 unspecified atom stereocenters. The van der Waals surface area contributed by atoms with Gasteiger partial charge in [-0.05, 0) is 60.4 Å². The van der Waals surface area contributed by atoms with E-state index in [1.165, 1.54) is 5.56 Å². The Hall–Kier alpha value is -1.56. The van der Waals surface area contributed by atoms with Crippen LogP contribution < -0.4 is 14.8 Å². The van der Waals surface area contributed by atoms with E-state index in [4.69, 9.17) is 9.47 Å². The fraction of sp³-hybridized carbons (Fsp3) is 0.400. The van der Waals surface area contributed by atoms with Gasteiger partial charge in [-0.3, -0.25) is 0 Å². The summed E-state index contributed by atoms with van der Waals surface area (Å²) in [5.74, 6) is 1.49. The third-order valence-electron chi connectivity index (χ3n) is 4.64. The second kappa shape index (κ2) is 7.36. The molecule has 1 aliphatic rings. The van der Waals surface area contributed by atoms with Gasteiger partial charge in [-0.2, -0.15) is 0 Å². The smallest absolute Gasteiger partial charge is 0.133 e. The molecule has 5 heteroatoms. The third kappa shape index (κ3) is 3.84. The minimum atomic E-state index is -0.675. The first kappa shape index (κ1) is 18.2. The number of nitrogens with one attached hydrogen (secondary N) is 1. The Bertz CT molecular complexity index is 733. The molecule has 0 aromatic heterocycles. The van der Waals surface area contributed by atoms with Gasteiger partial charge in [0.05, 0.1) is 17.6 Å². The van der Waals surface area contributed by atoms with E-state index in [-0.39, 0.29) is 6.04 Å². The summed E-state index contributed by atoms with van der Waals surface area (Å²) in [6.45, 7) is 4.58. The molecule has 0 spiro atoms. The Balaban J connectivity index is 1.84. The monoisotopic (exact) mass is 405 g/mol. The summed E-state index contributed by atoms with van der Waals surface area (Å²) in [7, 11) is 1.63. The Morgan fingerprint density at radius 1 is 1.24 bits per heavy atom. The molecule has 2 aromatic rings. The largest absolute Gasteiger partial charge is 0.496 e. The van der Waals surface area contributed by atoms with E-state index in [0.717, 1.165) is 34.5 Å². The van der Waals surface area contributed by atoms with E-state index in [2.05, 4.69) is 33.4 Å². The first-order valence-electron chi connectivity index (χ1n) is 8.44. The highest BCUT2D eigenvalue weighted by Gasteiger charge is 2.43. The van der Waals surface area contributed by atoms with Crippen molar-refractivity contribution in [3.63, 3.8) is 0 Å². The predicted octanol–water partition coefficient (Wildman–Crippen LogP) is 3.86. The van der Waals surface area contributed by atoms with Gasteiger partial charge in [0.15, 0.2) is 0 Å². The van der Waals surface area contributed by atoms with Crippen LogP contribution >= 0.6 is 15.9 Å². The molecule has 0 saturated carbocycles. The molecule has 0 saturated heterocycles. The third-order valence-corrected chi connectivity index (χ3v) is 5.26. The van der Waals surface area contributed by atoms with Crippen molar-refractivity contribution in [2.75, 3.05) is 13.7 Å². The maximum absolute atomic E-state index is 10.8. The lowest BCUT2D eigenvalue weighted by molar-refractivity contribution is -0.0645. The van der Waals surface area contributed by atoms with Gasteiger partial charge in [-0.1, -0.05) is 30.3 Å². The number of hydrogen-bond acceptors (Lipinski definition) is 4. The van der Waals surface area contributed by atoms with Gasteiger partial charge in [-0.25, -0.2) is 0 Å². The zero-order chi connectivity index (χ0) is 18.0. The van der Waals surface area contributed by atoms with E-state index in [1.807, 2.05) is 44.2 Å². The molecule has 4 nitrogen and oxygen atoms in total. The van der Waals surface area contributed by atoms with Gasteiger partial charge in [0.25, 0.3) is 0 Å². The van der Waals surface area contributed by atoms with Gasteiger partial charge < -0.3 is 19.9 Å². The van der Waals surface area contributed by atoms with Crippen molar-refractivity contribution in [3.8, 4) is 11.5 Å². The summed E-state index contributed by atoms with van der Waals surface area (Å²) >= 11 is 3.50. The minimum Gasteiger partial charge on any atom is -0.496 e. The lowest BCUT2D eigenvalue weighted by atomic mass is 9.86. The fourth-order valence-electron chi connectivity index (χ4n) is 3.19. The van der Waals surface area contributed by atoms with E-state index < -0.39 is 11.7 Å². The molecular weight excluding hydrogens is 382 g/mol. The van der Waals surface area contributed by atoms with Crippen LogP contribution in [0.15, 0.2) is 46.9 Å². The summed E-state index contributed by atoms with van der Waals surface area (Å²) in [5.41, 5.74) is 1.51. The van der Waals surface area contributed by atoms with Crippen molar-refractivity contribution in [2.45, 2.75) is 38.0 Å². The maximum Gasteiger partial charge on any atom is 0.133 e. The molecule has 0 aliphatic carbocycles. The van der Waals surface area contributed by atoms with Crippen LogP contribution in [0.5, 0.6) is 11.5 Å². The van der Waals surface area contributed by atoms with Crippen LogP contribution in [0, 0.1) is 0 Å². The number of methoxy groups -OCH3 is 1. The molecule has 0 radical (unpaired) electrons. The number of fused-ring (bicyclic) bond motifs is 1. The Kier molecular flexibility index (Phi) is 5.37. The van der Waals surface area contributed by atoms with Gasteiger partial charge in [0.1, 0.15) is 23.2 Å². The van der Waals surface area contributed by atoms with Crippen LogP contribution in [0.25, 0.3) is 0 Å². The molecular formula is C20H24BrNO3. The van der Waals surface area contributed by atoms with E-state index in [0.29, 0.717) is 0 Å². The maximum atomic E-state index is 10.8. The number of halogens is 1. The quantitative estimate of drug-likeness (QED) is 0.792. The first-order chi connectivity index (χ1) is 11.9. The van der Waals surface area contributed by atoms with Crippen molar-refractivity contribution in [1.82, 2.24) is 5.32 Å². The molecule has 2 atom stereocenters. The molecule has 0 bridgehead atoms. The minimum absolute atomic E-state index is 0.218. The molecule has 2 N–H and O–H groups in total. The zero-order valence-electron chi connectivity index (χ0n) is 14.8. The van der Waals surface area contributed by atoms with Crippen LogP contribution in [0.1, 0.15) is 31.0 Å². The van der Waals surface area contributed by atoms with E-state index >= 15 is 0 Å². The number of hydrogen-bond donors (Lipinski definition) is 2. The highest BCUT2D eigenvalue weighted by Crippen LogP contribution is 2.44. The van der Waals surface area contributed by atoms with Gasteiger partial charge in [0.2, 0.25) is 0 Å². The van der Waals surface area contributed by atoms with Crippen molar-refractivity contribution in [1.29, 1.82) is 0 Å². The number of rotatable bonds is 5. The Morgan fingerprint density at radius 3 is 2.64 bits per heavy atom. The lowest BCUT2D eigenvalue weighted by Crippen LogP contribution is -2.52. The number of benzene rings is 2. The predicted molar refractivity (Wildman–Crippen MR) is 102 cm³/mol. The fourth-order valence-corrected chi connectivity index (χ4v) is 3.68. The van der Waals surface area contributed by atoms with Crippen LogP contribution in [0.3, 0.4) is 0 Å². The molecule has 2 aromatic carbocycles. The van der Waals surface area contributed by atoms with Gasteiger partial charge in [-0.15, -0.1) is 0 Å². The van der Waals surface area contributed by atoms with Crippen molar-refractivity contribution in [2.24, 2.45) is 0 Å². The highest BCUT2D eigenvalue weighted by molar-refractivity contribution is 9.10. The number of aliphatic hydroxyl groups is 1.